The molecule has 0 radical (unpaired) electrons. The molecule has 2 atom stereocenters. The van der Waals surface area contributed by atoms with Gasteiger partial charge in [0.2, 0.25) is 0 Å². The smallest absolute Gasteiger partial charge is 0.428 e. The molecule has 0 aromatic heterocycles. The monoisotopic (exact) mass is 370 g/mol. The van der Waals surface area contributed by atoms with E-state index in [1.807, 2.05) is 0 Å². The number of alkyl halides is 3. The molecule has 0 bridgehead atoms. The summed E-state index contributed by atoms with van der Waals surface area (Å²) in [5.74, 6) is -3.32. The number of carbonyl (C=O) groups excluding carboxylic acids is 1. The summed E-state index contributed by atoms with van der Waals surface area (Å²) in [7, 11) is 2.46. The number of carbonyl (C=O) groups is 2. The van der Waals surface area contributed by atoms with Crippen LogP contribution in [0, 0.1) is 5.92 Å². The van der Waals surface area contributed by atoms with E-state index >= 15 is 0 Å². The van der Waals surface area contributed by atoms with Crippen molar-refractivity contribution < 1.29 is 32.6 Å². The molecule has 1 N–H and O–H groups in total. The number of ketones is 1. The molecule has 8 heteroatoms. The molecule has 0 spiro atoms. The predicted molar refractivity (Wildman–Crippen MR) is 87.0 cm³/mol. The van der Waals surface area contributed by atoms with Crippen LogP contribution in [0.2, 0.25) is 0 Å². The SMILES string of the molecule is CC(C)(P)CCOC(CC(=O)C1CCCCC1)(C(=O)O)C(F)(F)F. The first-order chi connectivity index (χ1) is 10.9. The average Bonchev–Trinajstić information content (AvgIpc) is 2.44. The van der Waals surface area contributed by atoms with Gasteiger partial charge in [0, 0.05) is 12.5 Å². The average molecular weight is 370 g/mol. The van der Waals surface area contributed by atoms with Crippen molar-refractivity contribution in [2.75, 3.05) is 6.61 Å². The lowest BCUT2D eigenvalue weighted by atomic mass is 9.81. The van der Waals surface area contributed by atoms with Crippen molar-refractivity contribution in [3.05, 3.63) is 0 Å². The number of ether oxygens (including phenoxy) is 1. The maximum atomic E-state index is 13.5. The molecule has 2 unspecified atom stereocenters. The lowest BCUT2D eigenvalue weighted by Crippen LogP contribution is -2.56. The second-order valence-electron chi connectivity index (χ2n) is 7.19. The van der Waals surface area contributed by atoms with E-state index in [0.29, 0.717) is 12.8 Å². The van der Waals surface area contributed by atoms with E-state index in [1.54, 1.807) is 13.8 Å². The molecule has 1 aliphatic carbocycles. The summed E-state index contributed by atoms with van der Waals surface area (Å²) in [4.78, 5) is 23.7. The molecule has 0 heterocycles. The molecular formula is C16H26F3O4P. The summed E-state index contributed by atoms with van der Waals surface area (Å²) >= 11 is 0. The highest BCUT2D eigenvalue weighted by Gasteiger charge is 2.63. The first kappa shape index (κ1) is 21.4. The normalized spacial score (nSPS) is 19.8. The van der Waals surface area contributed by atoms with Crippen LogP contribution in [0.4, 0.5) is 13.2 Å². The predicted octanol–water partition coefficient (Wildman–Crippen LogP) is 3.97. The molecule has 0 saturated heterocycles. The molecule has 1 saturated carbocycles. The van der Waals surface area contributed by atoms with Gasteiger partial charge >= 0.3 is 12.1 Å². The van der Waals surface area contributed by atoms with E-state index in [2.05, 4.69) is 9.24 Å². The lowest BCUT2D eigenvalue weighted by molar-refractivity contribution is -0.276. The third-order valence-corrected chi connectivity index (χ3v) is 4.67. The van der Waals surface area contributed by atoms with Gasteiger partial charge in [-0.1, -0.05) is 33.1 Å². The Morgan fingerprint density at radius 3 is 2.12 bits per heavy atom. The van der Waals surface area contributed by atoms with Crippen molar-refractivity contribution in [2.45, 2.75) is 75.7 Å². The fraction of sp³-hybridized carbons (Fsp3) is 0.875. The Hall–Kier alpha value is -0.680. The molecular weight excluding hydrogens is 344 g/mol. The van der Waals surface area contributed by atoms with E-state index in [-0.39, 0.29) is 18.2 Å². The van der Waals surface area contributed by atoms with Gasteiger partial charge in [-0.05, 0) is 24.4 Å². The third kappa shape index (κ3) is 5.69. The van der Waals surface area contributed by atoms with Gasteiger partial charge in [-0.2, -0.15) is 13.2 Å². The van der Waals surface area contributed by atoms with E-state index in [4.69, 9.17) is 4.74 Å². The summed E-state index contributed by atoms with van der Waals surface area (Å²) in [5, 5.41) is 8.85. The van der Waals surface area contributed by atoms with Gasteiger partial charge in [-0.3, -0.25) is 4.79 Å². The number of aliphatic carboxylic acids is 1. The summed E-state index contributed by atoms with van der Waals surface area (Å²) in [6.45, 7) is 3.18. The molecule has 0 aromatic rings. The maximum Gasteiger partial charge on any atom is 0.428 e. The Balaban J connectivity index is 2.94. The Kier molecular flexibility index (Phi) is 7.24. The minimum absolute atomic E-state index is 0.223. The Morgan fingerprint density at radius 1 is 1.17 bits per heavy atom. The van der Waals surface area contributed by atoms with Crippen LogP contribution in [-0.2, 0) is 14.3 Å². The summed E-state index contributed by atoms with van der Waals surface area (Å²) < 4.78 is 45.4. The molecule has 140 valence electrons. The van der Waals surface area contributed by atoms with Gasteiger partial charge in [0.15, 0.2) is 0 Å². The summed E-state index contributed by atoms with van der Waals surface area (Å²) in [6.07, 6.45) is -2.54. The zero-order valence-electron chi connectivity index (χ0n) is 14.1. The molecule has 24 heavy (non-hydrogen) atoms. The Morgan fingerprint density at radius 2 is 1.71 bits per heavy atom. The maximum absolute atomic E-state index is 13.5. The van der Waals surface area contributed by atoms with Crippen molar-refractivity contribution in [3.8, 4) is 0 Å². The van der Waals surface area contributed by atoms with Gasteiger partial charge in [0.05, 0.1) is 6.42 Å². The van der Waals surface area contributed by atoms with Gasteiger partial charge in [-0.25, -0.2) is 4.79 Å². The van der Waals surface area contributed by atoms with E-state index < -0.39 is 35.9 Å². The van der Waals surface area contributed by atoms with Crippen LogP contribution in [0.15, 0.2) is 0 Å². The zero-order valence-corrected chi connectivity index (χ0v) is 15.3. The van der Waals surface area contributed by atoms with E-state index in [0.717, 1.165) is 19.3 Å². The first-order valence-electron chi connectivity index (χ1n) is 8.15. The largest absolute Gasteiger partial charge is 0.479 e. The van der Waals surface area contributed by atoms with Gasteiger partial charge in [0.25, 0.3) is 5.60 Å². The fourth-order valence-corrected chi connectivity index (χ4v) is 2.91. The second-order valence-corrected chi connectivity index (χ2v) is 8.76. The first-order valence-corrected chi connectivity index (χ1v) is 8.72. The lowest BCUT2D eigenvalue weighted by Gasteiger charge is -2.33. The minimum Gasteiger partial charge on any atom is -0.479 e. The van der Waals surface area contributed by atoms with Crippen LogP contribution >= 0.6 is 9.24 Å². The van der Waals surface area contributed by atoms with Gasteiger partial charge in [-0.15, -0.1) is 9.24 Å². The highest BCUT2D eigenvalue weighted by Crippen LogP contribution is 2.40. The summed E-state index contributed by atoms with van der Waals surface area (Å²) in [5.41, 5.74) is -3.46. The van der Waals surface area contributed by atoms with Gasteiger partial charge in [0.1, 0.15) is 5.78 Å². The zero-order chi connectivity index (χ0) is 18.6. The number of hydrogen-bond acceptors (Lipinski definition) is 3. The Bertz CT molecular complexity index is 453. The molecule has 1 rings (SSSR count). The molecule has 4 nitrogen and oxygen atoms in total. The van der Waals surface area contributed by atoms with E-state index in [9.17, 15) is 27.9 Å². The molecule has 1 fully saturated rings. The van der Waals surface area contributed by atoms with Crippen LogP contribution in [0.5, 0.6) is 0 Å². The van der Waals surface area contributed by atoms with Crippen LogP contribution < -0.4 is 0 Å². The quantitative estimate of drug-likeness (QED) is 0.657. The van der Waals surface area contributed by atoms with Crippen molar-refractivity contribution in [1.29, 1.82) is 0 Å². The van der Waals surface area contributed by atoms with Gasteiger partial charge < -0.3 is 9.84 Å². The molecule has 1 aliphatic rings. The number of carboxylic acid groups (broad SMARTS) is 1. The number of hydrogen-bond donors (Lipinski definition) is 1. The highest BCUT2D eigenvalue weighted by molar-refractivity contribution is 7.18. The van der Waals surface area contributed by atoms with Crippen molar-refractivity contribution in [3.63, 3.8) is 0 Å². The van der Waals surface area contributed by atoms with Crippen molar-refractivity contribution >= 4 is 21.0 Å². The molecule has 0 aromatic carbocycles. The van der Waals surface area contributed by atoms with Crippen LogP contribution in [-0.4, -0.2) is 40.4 Å². The molecule has 0 amide bonds. The van der Waals surface area contributed by atoms with Crippen molar-refractivity contribution in [1.82, 2.24) is 0 Å². The van der Waals surface area contributed by atoms with Crippen LogP contribution in [0.3, 0.4) is 0 Å². The number of rotatable bonds is 8. The number of Topliss-reactive ketones (excluding diaryl/α,β-unsaturated/α-hetero) is 1. The fourth-order valence-electron chi connectivity index (χ4n) is 2.79. The van der Waals surface area contributed by atoms with E-state index in [1.165, 1.54) is 0 Å². The number of halogens is 3. The number of carboxylic acids is 1. The minimum atomic E-state index is -5.16. The highest BCUT2D eigenvalue weighted by atomic mass is 31.0. The Labute approximate surface area is 142 Å². The van der Waals surface area contributed by atoms with Crippen molar-refractivity contribution in [2.24, 2.45) is 5.92 Å². The van der Waals surface area contributed by atoms with Crippen LogP contribution in [0.1, 0.15) is 58.8 Å². The second kappa shape index (κ2) is 8.13. The standard InChI is InChI=1S/C16H26F3O4P/c1-14(2,24)8-9-23-15(13(21)22,16(17,18)19)10-12(20)11-6-4-3-5-7-11/h11H,3-10,24H2,1-2H3,(H,21,22). The molecule has 0 aliphatic heterocycles. The topological polar surface area (TPSA) is 63.6 Å². The third-order valence-electron chi connectivity index (χ3n) is 4.38. The van der Waals surface area contributed by atoms with Crippen LogP contribution in [0.25, 0.3) is 0 Å². The summed E-state index contributed by atoms with van der Waals surface area (Å²) in [6, 6.07) is 0.